The molecule has 2 rings (SSSR count). The Labute approximate surface area is 126 Å². The molecule has 0 amide bonds. The van der Waals surface area contributed by atoms with E-state index in [-0.39, 0.29) is 23.9 Å². The third-order valence-corrected chi connectivity index (χ3v) is 5.40. The maximum atomic E-state index is 14.2. The number of rotatable bonds is 5. The van der Waals surface area contributed by atoms with Crippen LogP contribution in [0.4, 0.5) is 13.2 Å². The predicted molar refractivity (Wildman–Crippen MR) is 78.6 cm³/mol. The van der Waals surface area contributed by atoms with Crippen LogP contribution in [0.3, 0.4) is 0 Å². The summed E-state index contributed by atoms with van der Waals surface area (Å²) >= 11 is 0. The predicted octanol–water partition coefficient (Wildman–Crippen LogP) is 5.03. The zero-order valence-corrected chi connectivity index (χ0v) is 13.2. The fraction of sp³-hybridized carbons (Fsp3) is 1.00. The van der Waals surface area contributed by atoms with Crippen molar-refractivity contribution in [2.75, 3.05) is 6.61 Å². The molecule has 0 radical (unpaired) electrons. The Morgan fingerprint density at radius 3 is 2.43 bits per heavy atom. The Kier molecular flexibility index (Phi) is 6.39. The van der Waals surface area contributed by atoms with Gasteiger partial charge < -0.3 is 4.74 Å². The van der Waals surface area contributed by atoms with Crippen LogP contribution in [0.25, 0.3) is 0 Å². The number of ether oxygens (including phenoxy) is 1. The first kappa shape index (κ1) is 17.1. The summed E-state index contributed by atoms with van der Waals surface area (Å²) in [4.78, 5) is 0. The van der Waals surface area contributed by atoms with Gasteiger partial charge in [0.05, 0.1) is 6.10 Å². The second-order valence-electron chi connectivity index (χ2n) is 6.96. The Morgan fingerprint density at radius 2 is 1.76 bits per heavy atom. The molecule has 124 valence electrons. The molecule has 0 N–H and O–H groups in total. The monoisotopic (exact) mass is 306 g/mol. The fourth-order valence-corrected chi connectivity index (χ4v) is 3.89. The van der Waals surface area contributed by atoms with E-state index in [2.05, 4.69) is 6.92 Å². The number of unbranched alkanes of at least 4 members (excludes halogenated alkanes) is 1. The molecule has 0 saturated heterocycles. The molecule has 0 spiro atoms. The maximum Gasteiger partial charge on any atom is 0.134 e. The highest BCUT2D eigenvalue weighted by Crippen LogP contribution is 2.43. The van der Waals surface area contributed by atoms with Crippen molar-refractivity contribution in [3.63, 3.8) is 0 Å². The first-order chi connectivity index (χ1) is 10.0. The number of alkyl halides is 3. The van der Waals surface area contributed by atoms with E-state index in [0.29, 0.717) is 25.9 Å². The molecular weight excluding hydrogens is 277 g/mol. The van der Waals surface area contributed by atoms with Gasteiger partial charge in [-0.25, -0.2) is 13.2 Å². The lowest BCUT2D eigenvalue weighted by Gasteiger charge is -2.41. The van der Waals surface area contributed by atoms with Crippen LogP contribution in [0.15, 0.2) is 0 Å². The quantitative estimate of drug-likeness (QED) is 0.647. The molecule has 0 heterocycles. The second kappa shape index (κ2) is 7.85. The van der Waals surface area contributed by atoms with E-state index in [0.717, 1.165) is 25.7 Å². The topological polar surface area (TPSA) is 9.23 Å². The van der Waals surface area contributed by atoms with E-state index in [4.69, 9.17) is 4.74 Å². The van der Waals surface area contributed by atoms with Crippen molar-refractivity contribution in [2.24, 2.45) is 17.8 Å². The minimum atomic E-state index is -1.41. The molecule has 2 aliphatic carbocycles. The van der Waals surface area contributed by atoms with Gasteiger partial charge in [-0.15, -0.1) is 0 Å². The van der Waals surface area contributed by atoms with Gasteiger partial charge in [0, 0.05) is 6.61 Å². The van der Waals surface area contributed by atoms with E-state index >= 15 is 0 Å². The highest BCUT2D eigenvalue weighted by molar-refractivity contribution is 4.93. The Bertz CT molecular complexity index is 312. The van der Waals surface area contributed by atoms with Crippen LogP contribution in [0, 0.1) is 17.8 Å². The number of hydrogen-bond donors (Lipinski definition) is 0. The highest BCUT2D eigenvalue weighted by Gasteiger charge is 2.44. The van der Waals surface area contributed by atoms with Gasteiger partial charge in [0.2, 0.25) is 0 Å². The molecule has 0 bridgehead atoms. The minimum Gasteiger partial charge on any atom is -0.375 e. The highest BCUT2D eigenvalue weighted by atomic mass is 19.2. The molecule has 7 unspecified atom stereocenters. The van der Waals surface area contributed by atoms with Gasteiger partial charge in [-0.05, 0) is 56.3 Å². The molecule has 7 atom stereocenters. The van der Waals surface area contributed by atoms with Crippen LogP contribution >= 0.6 is 0 Å². The molecule has 2 saturated carbocycles. The number of hydrogen-bond acceptors (Lipinski definition) is 1. The van der Waals surface area contributed by atoms with Gasteiger partial charge in [0.15, 0.2) is 0 Å². The van der Waals surface area contributed by atoms with E-state index in [1.807, 2.05) is 0 Å². The lowest BCUT2D eigenvalue weighted by Crippen LogP contribution is -2.44. The van der Waals surface area contributed by atoms with Crippen LogP contribution in [0.1, 0.15) is 58.8 Å². The molecule has 0 aliphatic heterocycles. The fourth-order valence-electron chi connectivity index (χ4n) is 3.89. The van der Waals surface area contributed by atoms with Crippen molar-refractivity contribution in [1.29, 1.82) is 0 Å². The molecule has 1 nitrogen and oxygen atoms in total. The normalized spacial score (nSPS) is 44.7. The Balaban J connectivity index is 1.84. The summed E-state index contributed by atoms with van der Waals surface area (Å²) in [6.07, 6.45) is 0.996. The van der Waals surface area contributed by atoms with Gasteiger partial charge in [-0.1, -0.05) is 20.3 Å². The average molecular weight is 306 g/mol. The lowest BCUT2D eigenvalue weighted by atomic mass is 9.69. The molecule has 0 aromatic carbocycles. The van der Waals surface area contributed by atoms with Crippen molar-refractivity contribution in [2.45, 2.75) is 83.4 Å². The van der Waals surface area contributed by atoms with Crippen LogP contribution < -0.4 is 0 Å². The van der Waals surface area contributed by atoms with E-state index in [9.17, 15) is 13.2 Å². The van der Waals surface area contributed by atoms with Crippen molar-refractivity contribution < 1.29 is 17.9 Å². The standard InChI is InChI=1S/C17H29F3O/c1-3-4-9-21-15-8-6-12(10-14(15)18)13-7-5-11(2)16(19)17(13)20/h11-17H,3-10H2,1-2H3. The van der Waals surface area contributed by atoms with Crippen molar-refractivity contribution in [3.8, 4) is 0 Å². The third-order valence-electron chi connectivity index (χ3n) is 5.40. The van der Waals surface area contributed by atoms with Crippen LogP contribution in [0.2, 0.25) is 0 Å². The Hall–Kier alpha value is -0.250. The SMILES string of the molecule is CCCCOC1CCC(C2CCC(C)C(F)C2F)CC1F. The summed E-state index contributed by atoms with van der Waals surface area (Å²) in [5.41, 5.74) is 0. The molecule has 2 fully saturated rings. The second-order valence-corrected chi connectivity index (χ2v) is 6.96. The van der Waals surface area contributed by atoms with Gasteiger partial charge in [-0.2, -0.15) is 0 Å². The molecule has 2 aliphatic rings. The van der Waals surface area contributed by atoms with Crippen molar-refractivity contribution in [1.82, 2.24) is 0 Å². The first-order valence-corrected chi connectivity index (χ1v) is 8.58. The molecule has 4 heteroatoms. The smallest absolute Gasteiger partial charge is 0.134 e. The van der Waals surface area contributed by atoms with Gasteiger partial charge in [0.1, 0.15) is 18.5 Å². The number of halogens is 3. The van der Waals surface area contributed by atoms with E-state index in [1.165, 1.54) is 0 Å². The van der Waals surface area contributed by atoms with E-state index in [1.54, 1.807) is 6.92 Å². The van der Waals surface area contributed by atoms with E-state index < -0.39 is 18.5 Å². The zero-order valence-electron chi connectivity index (χ0n) is 13.2. The summed E-state index contributed by atoms with van der Waals surface area (Å²) in [5, 5.41) is 0. The summed E-state index contributed by atoms with van der Waals surface area (Å²) in [5.74, 6) is -0.524. The van der Waals surface area contributed by atoms with Crippen molar-refractivity contribution in [3.05, 3.63) is 0 Å². The van der Waals surface area contributed by atoms with Crippen LogP contribution in [0.5, 0.6) is 0 Å². The third kappa shape index (κ3) is 4.14. The Morgan fingerprint density at radius 1 is 1.00 bits per heavy atom. The molecular formula is C17H29F3O. The average Bonchev–Trinajstić information content (AvgIpc) is 2.47. The molecule has 0 aromatic heterocycles. The summed E-state index contributed by atoms with van der Waals surface area (Å²) < 4.78 is 47.9. The van der Waals surface area contributed by atoms with Crippen molar-refractivity contribution >= 4 is 0 Å². The summed E-state index contributed by atoms with van der Waals surface area (Å²) in [6.45, 7) is 4.45. The first-order valence-electron chi connectivity index (χ1n) is 8.58. The van der Waals surface area contributed by atoms with Crippen LogP contribution in [-0.2, 0) is 4.74 Å². The molecule has 0 aromatic rings. The summed E-state index contributed by atoms with van der Waals surface area (Å²) in [7, 11) is 0. The largest absolute Gasteiger partial charge is 0.375 e. The lowest BCUT2D eigenvalue weighted by molar-refractivity contribution is -0.0644. The van der Waals surface area contributed by atoms with Gasteiger partial charge in [0.25, 0.3) is 0 Å². The van der Waals surface area contributed by atoms with Gasteiger partial charge >= 0.3 is 0 Å². The van der Waals surface area contributed by atoms with Crippen LogP contribution in [-0.4, -0.2) is 31.2 Å². The summed E-state index contributed by atoms with van der Waals surface area (Å²) in [6, 6.07) is 0. The van der Waals surface area contributed by atoms with Gasteiger partial charge in [-0.3, -0.25) is 0 Å². The molecule has 21 heavy (non-hydrogen) atoms. The minimum absolute atomic E-state index is 0.0215. The maximum absolute atomic E-state index is 14.2. The zero-order chi connectivity index (χ0) is 15.4.